The number of ether oxygens (including phenoxy) is 1. The van der Waals surface area contributed by atoms with Crippen LogP contribution in [0.15, 0.2) is 12.1 Å². The van der Waals surface area contributed by atoms with Crippen molar-refractivity contribution in [2.75, 3.05) is 12.3 Å². The molecule has 0 spiro atoms. The van der Waals surface area contributed by atoms with Crippen molar-refractivity contribution in [2.45, 2.75) is 40.0 Å². The molecule has 1 aliphatic rings. The maximum absolute atomic E-state index is 14.6. The first-order chi connectivity index (χ1) is 11.8. The molecule has 0 saturated heterocycles. The van der Waals surface area contributed by atoms with Gasteiger partial charge in [-0.1, -0.05) is 0 Å². The molecule has 0 fully saturated rings. The molecule has 4 nitrogen and oxygen atoms in total. The molecular weight excluding hydrogens is 321 g/mol. The zero-order valence-electron chi connectivity index (χ0n) is 14.7. The molecule has 132 valence electrons. The summed E-state index contributed by atoms with van der Waals surface area (Å²) in [5, 5.41) is 9.33. The fourth-order valence-electron chi connectivity index (χ4n) is 3.68. The number of rotatable bonds is 3. The number of nitrogen functional groups attached to an aromatic ring is 1. The van der Waals surface area contributed by atoms with E-state index in [0.717, 1.165) is 46.2 Å². The maximum atomic E-state index is 14.6. The van der Waals surface area contributed by atoms with Crippen molar-refractivity contribution in [2.24, 2.45) is 0 Å². The van der Waals surface area contributed by atoms with Crippen LogP contribution < -0.4 is 10.5 Å². The van der Waals surface area contributed by atoms with Crippen molar-refractivity contribution in [3.05, 3.63) is 45.8 Å². The molecule has 2 aromatic carbocycles. The molecule has 2 aromatic rings. The Labute approximate surface area is 146 Å². The van der Waals surface area contributed by atoms with Crippen LogP contribution in [0.25, 0.3) is 11.1 Å². The molecular formula is C20H22FNO3. The summed E-state index contributed by atoms with van der Waals surface area (Å²) in [4.78, 5) is 11.4. The van der Waals surface area contributed by atoms with Gasteiger partial charge < -0.3 is 15.6 Å². The number of nitrogens with two attached hydrogens (primary N) is 1. The Morgan fingerprint density at radius 2 is 2.00 bits per heavy atom. The predicted molar refractivity (Wildman–Crippen MR) is 95.6 cm³/mol. The van der Waals surface area contributed by atoms with Gasteiger partial charge in [0.1, 0.15) is 0 Å². The third-order valence-corrected chi connectivity index (χ3v) is 4.99. The van der Waals surface area contributed by atoms with Gasteiger partial charge >= 0.3 is 5.97 Å². The topological polar surface area (TPSA) is 72.6 Å². The van der Waals surface area contributed by atoms with Crippen molar-refractivity contribution >= 4 is 11.7 Å². The third-order valence-electron chi connectivity index (χ3n) is 4.99. The summed E-state index contributed by atoms with van der Waals surface area (Å²) < 4.78 is 20.1. The summed E-state index contributed by atoms with van der Waals surface area (Å²) in [6.07, 6.45) is 1.45. The third kappa shape index (κ3) is 2.95. The Balaban J connectivity index is 2.32. The SMILES string of the molecule is Cc1cc(N)c(C)c(CC(=O)O)c1-c1cc(F)c2c(c1C)CCCO2. The Kier molecular flexibility index (Phi) is 4.41. The van der Waals surface area contributed by atoms with Gasteiger partial charge in [0.2, 0.25) is 0 Å². The van der Waals surface area contributed by atoms with E-state index in [-0.39, 0.29) is 6.42 Å². The molecule has 0 saturated carbocycles. The van der Waals surface area contributed by atoms with Crippen molar-refractivity contribution in [1.29, 1.82) is 0 Å². The van der Waals surface area contributed by atoms with E-state index in [1.54, 1.807) is 0 Å². The number of carbonyl (C=O) groups is 1. The molecule has 0 unspecified atom stereocenters. The summed E-state index contributed by atoms with van der Waals surface area (Å²) in [5.41, 5.74) is 12.1. The minimum Gasteiger partial charge on any atom is -0.490 e. The first kappa shape index (κ1) is 17.3. The Bertz CT molecular complexity index is 874. The minimum absolute atomic E-state index is 0.151. The highest BCUT2D eigenvalue weighted by Crippen LogP contribution is 2.41. The molecule has 0 atom stereocenters. The van der Waals surface area contributed by atoms with Gasteiger partial charge in [-0.25, -0.2) is 4.39 Å². The van der Waals surface area contributed by atoms with Crippen LogP contribution in [0, 0.1) is 26.6 Å². The van der Waals surface area contributed by atoms with E-state index in [1.807, 2.05) is 26.8 Å². The lowest BCUT2D eigenvalue weighted by atomic mass is 9.85. The Morgan fingerprint density at radius 1 is 1.28 bits per heavy atom. The van der Waals surface area contributed by atoms with Gasteiger partial charge in [-0.05, 0) is 79.1 Å². The number of aryl methyl sites for hydroxylation is 1. The van der Waals surface area contributed by atoms with Crippen LogP contribution in [0.3, 0.4) is 0 Å². The number of hydrogen-bond donors (Lipinski definition) is 2. The van der Waals surface area contributed by atoms with Crippen molar-refractivity contribution in [1.82, 2.24) is 0 Å². The second kappa shape index (κ2) is 6.39. The largest absolute Gasteiger partial charge is 0.490 e. The average Bonchev–Trinajstić information content (AvgIpc) is 2.56. The molecule has 3 N–H and O–H groups in total. The molecule has 0 aromatic heterocycles. The van der Waals surface area contributed by atoms with E-state index < -0.39 is 11.8 Å². The first-order valence-corrected chi connectivity index (χ1v) is 8.36. The van der Waals surface area contributed by atoms with Crippen LogP contribution in [-0.4, -0.2) is 17.7 Å². The molecule has 3 rings (SSSR count). The number of aliphatic carboxylic acids is 1. The van der Waals surface area contributed by atoms with Crippen LogP contribution in [0.1, 0.15) is 34.2 Å². The summed E-state index contributed by atoms with van der Waals surface area (Å²) in [5.74, 6) is -1.00. The summed E-state index contributed by atoms with van der Waals surface area (Å²) in [7, 11) is 0. The number of carboxylic acids is 1. The number of anilines is 1. The normalized spacial score (nSPS) is 13.3. The summed E-state index contributed by atoms with van der Waals surface area (Å²) >= 11 is 0. The number of carboxylic acid groups (broad SMARTS) is 1. The average molecular weight is 343 g/mol. The van der Waals surface area contributed by atoms with Crippen molar-refractivity contribution in [3.8, 4) is 16.9 Å². The quantitative estimate of drug-likeness (QED) is 0.828. The summed E-state index contributed by atoms with van der Waals surface area (Å²) in [6, 6.07) is 3.28. The molecule has 25 heavy (non-hydrogen) atoms. The number of fused-ring (bicyclic) bond motifs is 1. The maximum Gasteiger partial charge on any atom is 0.307 e. The van der Waals surface area contributed by atoms with Gasteiger partial charge in [0.25, 0.3) is 0 Å². The lowest BCUT2D eigenvalue weighted by Gasteiger charge is -2.24. The van der Waals surface area contributed by atoms with E-state index in [9.17, 15) is 14.3 Å². The Morgan fingerprint density at radius 3 is 2.68 bits per heavy atom. The van der Waals surface area contributed by atoms with E-state index in [1.165, 1.54) is 6.07 Å². The molecule has 0 radical (unpaired) electrons. The fourth-order valence-corrected chi connectivity index (χ4v) is 3.68. The summed E-state index contributed by atoms with van der Waals surface area (Å²) in [6.45, 7) is 6.15. The second-order valence-electron chi connectivity index (χ2n) is 6.62. The lowest BCUT2D eigenvalue weighted by molar-refractivity contribution is -0.136. The molecule has 1 heterocycles. The smallest absolute Gasteiger partial charge is 0.307 e. The lowest BCUT2D eigenvalue weighted by Crippen LogP contribution is -2.13. The number of benzene rings is 2. The van der Waals surface area contributed by atoms with E-state index in [2.05, 4.69) is 0 Å². The standard InChI is InChI=1S/C20H22FNO3/c1-10-7-17(22)12(3)15(9-18(23)24)19(10)14-8-16(21)20-13(11(14)2)5-4-6-25-20/h7-8H,4-6,9,22H2,1-3H3,(H,23,24). The van der Waals surface area contributed by atoms with E-state index >= 15 is 0 Å². The highest BCUT2D eigenvalue weighted by molar-refractivity contribution is 5.84. The van der Waals surface area contributed by atoms with Crippen molar-refractivity contribution in [3.63, 3.8) is 0 Å². The first-order valence-electron chi connectivity index (χ1n) is 8.36. The van der Waals surface area contributed by atoms with Gasteiger partial charge in [-0.15, -0.1) is 0 Å². The highest BCUT2D eigenvalue weighted by atomic mass is 19.1. The molecule has 0 aliphatic carbocycles. The zero-order chi connectivity index (χ0) is 18.3. The molecule has 5 heteroatoms. The van der Waals surface area contributed by atoms with Crippen LogP contribution in [0.4, 0.5) is 10.1 Å². The zero-order valence-corrected chi connectivity index (χ0v) is 14.7. The van der Waals surface area contributed by atoms with Gasteiger partial charge in [-0.3, -0.25) is 4.79 Å². The molecule has 1 aliphatic heterocycles. The van der Waals surface area contributed by atoms with Gasteiger partial charge in [0.15, 0.2) is 11.6 Å². The number of halogens is 1. The highest BCUT2D eigenvalue weighted by Gasteiger charge is 2.24. The van der Waals surface area contributed by atoms with Crippen molar-refractivity contribution < 1.29 is 19.0 Å². The van der Waals surface area contributed by atoms with Crippen LogP contribution in [0.5, 0.6) is 5.75 Å². The van der Waals surface area contributed by atoms with E-state index in [0.29, 0.717) is 23.6 Å². The fraction of sp³-hybridized carbons (Fsp3) is 0.350. The number of hydrogen-bond acceptors (Lipinski definition) is 3. The predicted octanol–water partition coefficient (Wildman–Crippen LogP) is 3.95. The van der Waals surface area contributed by atoms with Gasteiger partial charge in [-0.2, -0.15) is 0 Å². The van der Waals surface area contributed by atoms with Crippen LogP contribution >= 0.6 is 0 Å². The monoisotopic (exact) mass is 343 g/mol. The molecule has 0 bridgehead atoms. The van der Waals surface area contributed by atoms with Gasteiger partial charge in [0, 0.05) is 11.3 Å². The van der Waals surface area contributed by atoms with Crippen LogP contribution in [0.2, 0.25) is 0 Å². The van der Waals surface area contributed by atoms with Crippen LogP contribution in [-0.2, 0) is 17.6 Å². The molecule has 0 amide bonds. The van der Waals surface area contributed by atoms with Gasteiger partial charge in [0.05, 0.1) is 13.0 Å². The Hall–Kier alpha value is -2.56. The minimum atomic E-state index is -0.936. The van der Waals surface area contributed by atoms with E-state index in [4.69, 9.17) is 10.5 Å². The second-order valence-corrected chi connectivity index (χ2v) is 6.62.